The highest BCUT2D eigenvalue weighted by atomic mass is 19.1. The van der Waals surface area contributed by atoms with Crippen LogP contribution in [-0.4, -0.2) is 17.4 Å². The molecule has 0 atom stereocenters. The summed E-state index contributed by atoms with van der Waals surface area (Å²) in [4.78, 5) is 0. The van der Waals surface area contributed by atoms with Gasteiger partial charge in [-0.05, 0) is 18.1 Å². The number of hydrogen-bond acceptors (Lipinski definition) is 3. The van der Waals surface area contributed by atoms with Crippen LogP contribution in [0.5, 0.6) is 5.75 Å². The van der Waals surface area contributed by atoms with Crippen LogP contribution in [0.2, 0.25) is 0 Å². The first kappa shape index (κ1) is 11.0. The smallest absolute Gasteiger partial charge is 0.512 e. The van der Waals surface area contributed by atoms with Crippen LogP contribution in [0.1, 0.15) is 18.9 Å². The van der Waals surface area contributed by atoms with Crippen molar-refractivity contribution in [2.45, 2.75) is 19.8 Å². The van der Waals surface area contributed by atoms with Crippen molar-refractivity contribution in [3.63, 3.8) is 0 Å². The Bertz CT molecular complexity index is 304. The fraction of sp³-hybridized carbons (Fsp3) is 0.333. The molecule has 0 heterocycles. The molecule has 0 aliphatic rings. The summed E-state index contributed by atoms with van der Waals surface area (Å²) in [6.07, 6.45) is 1.52. The van der Waals surface area contributed by atoms with Crippen LogP contribution in [0, 0.1) is 5.82 Å². The lowest BCUT2D eigenvalue weighted by Crippen LogP contribution is -2.20. The molecule has 0 amide bonds. The van der Waals surface area contributed by atoms with Gasteiger partial charge in [0.05, 0.1) is 0 Å². The number of rotatable bonds is 4. The number of halogens is 1. The van der Waals surface area contributed by atoms with Crippen LogP contribution >= 0.6 is 0 Å². The molecule has 0 spiro atoms. The summed E-state index contributed by atoms with van der Waals surface area (Å²) in [6, 6.07) is 4.23. The fourth-order valence-electron chi connectivity index (χ4n) is 1.20. The van der Waals surface area contributed by atoms with Gasteiger partial charge in [0, 0.05) is 6.07 Å². The summed E-state index contributed by atoms with van der Waals surface area (Å²) < 4.78 is 17.7. The minimum absolute atomic E-state index is 0.109. The summed E-state index contributed by atoms with van der Waals surface area (Å²) in [5.41, 5.74) is 0.604. The molecule has 2 N–H and O–H groups in total. The predicted octanol–water partition coefficient (Wildman–Crippen LogP) is 1.13. The van der Waals surface area contributed by atoms with E-state index in [2.05, 4.69) is 4.65 Å². The molecule has 3 nitrogen and oxygen atoms in total. The van der Waals surface area contributed by atoms with Crippen molar-refractivity contribution in [1.29, 1.82) is 0 Å². The minimum atomic E-state index is -1.91. The van der Waals surface area contributed by atoms with E-state index in [1.54, 1.807) is 6.07 Å². The molecule has 0 unspecified atom stereocenters. The lowest BCUT2D eigenvalue weighted by molar-refractivity contribution is 0.287. The Labute approximate surface area is 82.3 Å². The first-order valence-corrected chi connectivity index (χ1v) is 4.44. The summed E-state index contributed by atoms with van der Waals surface area (Å²) >= 11 is 0. The first-order chi connectivity index (χ1) is 6.63. The van der Waals surface area contributed by atoms with E-state index >= 15 is 0 Å². The SMILES string of the molecule is CCCc1ccc(OB(O)O)cc1F. The average molecular weight is 198 g/mol. The van der Waals surface area contributed by atoms with Crippen molar-refractivity contribution in [1.82, 2.24) is 0 Å². The Balaban J connectivity index is 2.78. The summed E-state index contributed by atoms with van der Waals surface area (Å²) in [7, 11) is -1.91. The molecular weight excluding hydrogens is 186 g/mol. The Morgan fingerprint density at radius 3 is 2.64 bits per heavy atom. The predicted molar refractivity (Wildman–Crippen MR) is 51.2 cm³/mol. The van der Waals surface area contributed by atoms with Gasteiger partial charge in [-0.1, -0.05) is 19.4 Å². The van der Waals surface area contributed by atoms with Crippen molar-refractivity contribution in [3.05, 3.63) is 29.6 Å². The lowest BCUT2D eigenvalue weighted by Gasteiger charge is -2.06. The molecule has 0 aliphatic carbocycles. The molecule has 0 fully saturated rings. The molecule has 0 aromatic heterocycles. The van der Waals surface area contributed by atoms with Crippen molar-refractivity contribution in [2.24, 2.45) is 0 Å². The fourth-order valence-corrected chi connectivity index (χ4v) is 1.20. The van der Waals surface area contributed by atoms with Crippen LogP contribution in [0.4, 0.5) is 4.39 Å². The molecule has 0 aliphatic heterocycles. The molecule has 0 radical (unpaired) electrons. The van der Waals surface area contributed by atoms with Crippen molar-refractivity contribution < 1.29 is 19.1 Å². The van der Waals surface area contributed by atoms with Crippen molar-refractivity contribution in [3.8, 4) is 5.75 Å². The van der Waals surface area contributed by atoms with Gasteiger partial charge in [-0.2, -0.15) is 0 Å². The summed E-state index contributed by atoms with van der Waals surface area (Å²) in [5.74, 6) is -0.276. The van der Waals surface area contributed by atoms with E-state index in [4.69, 9.17) is 10.0 Å². The van der Waals surface area contributed by atoms with Crippen LogP contribution in [0.25, 0.3) is 0 Å². The zero-order valence-corrected chi connectivity index (χ0v) is 7.90. The quantitative estimate of drug-likeness (QED) is 0.712. The molecule has 0 saturated heterocycles. The third-order valence-electron chi connectivity index (χ3n) is 1.79. The topological polar surface area (TPSA) is 49.7 Å². The monoisotopic (exact) mass is 198 g/mol. The van der Waals surface area contributed by atoms with E-state index in [9.17, 15) is 4.39 Å². The molecule has 5 heteroatoms. The van der Waals surface area contributed by atoms with E-state index in [1.165, 1.54) is 6.07 Å². The molecule has 0 bridgehead atoms. The van der Waals surface area contributed by atoms with Crippen molar-refractivity contribution >= 4 is 7.32 Å². The van der Waals surface area contributed by atoms with Gasteiger partial charge in [0.15, 0.2) is 0 Å². The van der Waals surface area contributed by atoms with Gasteiger partial charge in [-0.25, -0.2) is 4.39 Å². The molecule has 0 saturated carbocycles. The van der Waals surface area contributed by atoms with Crippen LogP contribution in [0.3, 0.4) is 0 Å². The molecule has 14 heavy (non-hydrogen) atoms. The van der Waals surface area contributed by atoms with Gasteiger partial charge in [-0.15, -0.1) is 0 Å². The van der Waals surface area contributed by atoms with Gasteiger partial charge < -0.3 is 14.7 Å². The molecule has 1 aromatic carbocycles. The largest absolute Gasteiger partial charge is 0.707 e. The van der Waals surface area contributed by atoms with E-state index in [0.717, 1.165) is 12.5 Å². The molecular formula is C9H12BFO3. The van der Waals surface area contributed by atoms with Crippen molar-refractivity contribution in [2.75, 3.05) is 0 Å². The Hall–Kier alpha value is -1.07. The van der Waals surface area contributed by atoms with Gasteiger partial charge in [0.25, 0.3) is 0 Å². The average Bonchev–Trinajstić information content (AvgIpc) is 2.09. The van der Waals surface area contributed by atoms with E-state index in [0.29, 0.717) is 12.0 Å². The van der Waals surface area contributed by atoms with Crippen LogP contribution in [0.15, 0.2) is 18.2 Å². The molecule has 1 aromatic rings. The Morgan fingerprint density at radius 1 is 1.43 bits per heavy atom. The van der Waals surface area contributed by atoms with Gasteiger partial charge in [-0.3, -0.25) is 0 Å². The summed E-state index contributed by atoms with van der Waals surface area (Å²) in [6.45, 7) is 1.96. The highest BCUT2D eigenvalue weighted by Gasteiger charge is 2.12. The summed E-state index contributed by atoms with van der Waals surface area (Å²) in [5, 5.41) is 17.0. The highest BCUT2D eigenvalue weighted by molar-refractivity contribution is 6.33. The molecule has 1 rings (SSSR count). The van der Waals surface area contributed by atoms with Gasteiger partial charge in [0.2, 0.25) is 0 Å². The van der Waals surface area contributed by atoms with Crippen LogP contribution in [-0.2, 0) is 6.42 Å². The standard InChI is InChI=1S/C9H12BFO3/c1-2-3-7-4-5-8(6-9(7)11)14-10(12)13/h4-6,12-13H,2-3H2,1H3. The van der Waals surface area contributed by atoms with Crippen LogP contribution < -0.4 is 4.65 Å². The van der Waals surface area contributed by atoms with Gasteiger partial charge in [0.1, 0.15) is 11.6 Å². The number of aryl methyl sites for hydroxylation is 1. The second-order valence-corrected chi connectivity index (χ2v) is 2.95. The van der Waals surface area contributed by atoms with E-state index in [-0.39, 0.29) is 11.6 Å². The lowest BCUT2D eigenvalue weighted by atomic mass is 10.1. The first-order valence-electron chi connectivity index (χ1n) is 4.44. The van der Waals surface area contributed by atoms with Gasteiger partial charge >= 0.3 is 7.32 Å². The maximum Gasteiger partial charge on any atom is 0.707 e. The second kappa shape index (κ2) is 4.98. The number of hydrogen-bond donors (Lipinski definition) is 2. The minimum Gasteiger partial charge on any atom is -0.512 e. The zero-order valence-electron chi connectivity index (χ0n) is 7.90. The number of benzene rings is 1. The zero-order chi connectivity index (χ0) is 10.6. The third kappa shape index (κ3) is 3.01. The Kier molecular flexibility index (Phi) is 3.91. The maximum atomic E-state index is 13.2. The van der Waals surface area contributed by atoms with E-state index in [1.807, 2.05) is 6.92 Å². The Morgan fingerprint density at radius 2 is 2.14 bits per heavy atom. The third-order valence-corrected chi connectivity index (χ3v) is 1.79. The normalized spacial score (nSPS) is 10.0. The second-order valence-electron chi connectivity index (χ2n) is 2.95. The van der Waals surface area contributed by atoms with E-state index < -0.39 is 7.32 Å². The molecule has 76 valence electrons. The highest BCUT2D eigenvalue weighted by Crippen LogP contribution is 2.17. The maximum absolute atomic E-state index is 13.2.